The van der Waals surface area contributed by atoms with Crippen LogP contribution in [0.5, 0.6) is 0 Å². The molecule has 7 heteroatoms. The number of amides is 1. The number of thioether (sulfide) groups is 1. The number of carbonyl (C=O) groups is 2. The fourth-order valence-electron chi connectivity index (χ4n) is 5.96. The molecule has 4 atom stereocenters. The lowest BCUT2D eigenvalue weighted by Gasteiger charge is -2.31. The van der Waals surface area contributed by atoms with Gasteiger partial charge in [0.25, 0.3) is 5.91 Å². The first-order valence-electron chi connectivity index (χ1n) is 13.1. The van der Waals surface area contributed by atoms with Gasteiger partial charge in [0.2, 0.25) is 5.78 Å². The van der Waals surface area contributed by atoms with Crippen LogP contribution in [0.25, 0.3) is 0 Å². The van der Waals surface area contributed by atoms with E-state index in [0.717, 1.165) is 41.5 Å². The summed E-state index contributed by atoms with van der Waals surface area (Å²) in [6, 6.07) is 14.3. The Balaban J connectivity index is 1.20. The standard InChI is InChI=1S/C30H34N2O4S/c1-37-29-8-3-2-6-23(29)21-7-4-5-19(21)15-26(33)30(35)32-12-11-18-9-10-22-24(13-18)28-16-20(14-25(22)31)27(34)17-36-28/h2-3,6,8-10,13,15,20-21,27-28,31,34H,4-5,7,11-12,14,16-17H2,1H3,(H,32,35)/b19-15+,31-25?/t20-,21-,27+,28?/m0/s1. The average molecular weight is 519 g/mol. The number of hydrogen-bond acceptors (Lipinski definition) is 6. The van der Waals surface area contributed by atoms with E-state index in [1.807, 2.05) is 24.3 Å². The Hall–Kier alpha value is -2.74. The predicted octanol–water partition coefficient (Wildman–Crippen LogP) is 4.74. The SMILES string of the molecule is CSc1ccccc1[C@H]1CCC/C1=C\C(=O)C(=O)NCCc1ccc2c(c1)C1C[C@H](CC2=N)[C@H](O)CO1. The normalized spacial score (nSPS) is 26.0. The topological polar surface area (TPSA) is 99.5 Å². The minimum absolute atomic E-state index is 0.0511. The van der Waals surface area contributed by atoms with Crippen LogP contribution in [0.3, 0.4) is 0 Å². The number of allylic oxidation sites excluding steroid dienone is 1. The van der Waals surface area contributed by atoms with Crippen LogP contribution in [0.1, 0.15) is 66.4 Å². The average Bonchev–Trinajstić information content (AvgIpc) is 3.33. The molecule has 1 saturated heterocycles. The Kier molecular flexibility index (Phi) is 7.93. The second-order valence-corrected chi connectivity index (χ2v) is 11.1. The van der Waals surface area contributed by atoms with E-state index in [2.05, 4.69) is 29.8 Å². The van der Waals surface area contributed by atoms with E-state index in [-0.39, 0.29) is 17.9 Å². The number of aliphatic hydroxyl groups is 1. The van der Waals surface area contributed by atoms with Crippen molar-refractivity contribution in [1.29, 1.82) is 5.41 Å². The highest BCUT2D eigenvalue weighted by Crippen LogP contribution is 2.42. The van der Waals surface area contributed by atoms with Crippen molar-refractivity contribution in [2.24, 2.45) is 5.92 Å². The molecule has 2 aromatic carbocycles. The first-order valence-corrected chi connectivity index (χ1v) is 14.3. The second kappa shape index (κ2) is 11.3. The summed E-state index contributed by atoms with van der Waals surface area (Å²) in [5, 5.41) is 21.5. The molecular weight excluding hydrogens is 484 g/mol. The maximum atomic E-state index is 12.7. The number of ketones is 1. The molecule has 1 aliphatic heterocycles. The third kappa shape index (κ3) is 5.59. The first-order chi connectivity index (χ1) is 17.9. The molecule has 3 N–H and O–H groups in total. The molecule has 3 aliphatic rings. The van der Waals surface area contributed by atoms with Crippen LogP contribution >= 0.6 is 11.8 Å². The number of rotatable bonds is 7. The van der Waals surface area contributed by atoms with Crippen LogP contribution in [-0.2, 0) is 20.7 Å². The molecule has 1 unspecified atom stereocenters. The molecule has 2 fully saturated rings. The van der Waals surface area contributed by atoms with E-state index in [1.165, 1.54) is 10.5 Å². The third-order valence-corrected chi connectivity index (χ3v) is 8.75. The molecule has 37 heavy (non-hydrogen) atoms. The van der Waals surface area contributed by atoms with Crippen LogP contribution in [0, 0.1) is 11.3 Å². The number of aliphatic hydroxyl groups excluding tert-OH is 1. The lowest BCUT2D eigenvalue weighted by atomic mass is 9.90. The molecule has 1 saturated carbocycles. The molecule has 5 rings (SSSR count). The summed E-state index contributed by atoms with van der Waals surface area (Å²) in [5.41, 5.74) is 5.72. The van der Waals surface area contributed by atoms with E-state index < -0.39 is 17.8 Å². The van der Waals surface area contributed by atoms with Crippen LogP contribution in [0.15, 0.2) is 59.0 Å². The van der Waals surface area contributed by atoms with E-state index in [0.29, 0.717) is 38.1 Å². The summed E-state index contributed by atoms with van der Waals surface area (Å²) >= 11 is 1.71. The smallest absolute Gasteiger partial charge is 0.291 e. The van der Waals surface area contributed by atoms with Crippen LogP contribution in [0.2, 0.25) is 0 Å². The number of nitrogens with one attached hydrogen (secondary N) is 2. The van der Waals surface area contributed by atoms with Crippen molar-refractivity contribution < 1.29 is 19.4 Å². The number of fused-ring (bicyclic) bond motifs is 4. The predicted molar refractivity (Wildman–Crippen MR) is 145 cm³/mol. The van der Waals surface area contributed by atoms with Gasteiger partial charge in [-0.05, 0) is 79.5 Å². The molecule has 1 heterocycles. The molecule has 0 radical (unpaired) electrons. The van der Waals surface area contributed by atoms with Gasteiger partial charge in [0.1, 0.15) is 0 Å². The van der Waals surface area contributed by atoms with E-state index in [9.17, 15) is 14.7 Å². The fraction of sp³-hybridized carbons (Fsp3) is 0.433. The second-order valence-electron chi connectivity index (χ2n) is 10.3. The maximum absolute atomic E-state index is 12.7. The Labute approximate surface area is 222 Å². The van der Waals surface area contributed by atoms with Gasteiger partial charge in [0.05, 0.1) is 18.8 Å². The lowest BCUT2D eigenvalue weighted by Crippen LogP contribution is -2.33. The van der Waals surface area contributed by atoms with Gasteiger partial charge in [0.15, 0.2) is 0 Å². The lowest BCUT2D eigenvalue weighted by molar-refractivity contribution is -0.135. The van der Waals surface area contributed by atoms with E-state index in [4.69, 9.17) is 10.1 Å². The molecule has 2 aromatic rings. The van der Waals surface area contributed by atoms with Crippen molar-refractivity contribution in [3.05, 3.63) is 76.4 Å². The first kappa shape index (κ1) is 25.9. The summed E-state index contributed by atoms with van der Waals surface area (Å²) < 4.78 is 5.89. The van der Waals surface area contributed by atoms with Crippen molar-refractivity contribution in [3.8, 4) is 0 Å². The number of carbonyl (C=O) groups excluding carboxylic acids is 2. The number of hydrogen-bond donors (Lipinski definition) is 3. The molecular formula is C30H34N2O4S. The number of benzene rings is 2. The van der Waals surface area contributed by atoms with E-state index in [1.54, 1.807) is 17.8 Å². The molecule has 2 aliphatic carbocycles. The van der Waals surface area contributed by atoms with Crippen molar-refractivity contribution >= 4 is 29.2 Å². The zero-order valence-corrected chi connectivity index (χ0v) is 22.0. The van der Waals surface area contributed by atoms with Crippen molar-refractivity contribution in [1.82, 2.24) is 5.32 Å². The molecule has 2 bridgehead atoms. The molecule has 0 aromatic heterocycles. The van der Waals surface area contributed by atoms with E-state index >= 15 is 0 Å². The Bertz CT molecular complexity index is 1240. The quantitative estimate of drug-likeness (QED) is 0.279. The molecule has 1 amide bonds. The summed E-state index contributed by atoms with van der Waals surface area (Å²) in [4.78, 5) is 26.6. The highest BCUT2D eigenvalue weighted by molar-refractivity contribution is 7.98. The summed E-state index contributed by atoms with van der Waals surface area (Å²) in [6.07, 6.45) is 7.70. The van der Waals surface area contributed by atoms with Crippen LogP contribution in [-0.4, -0.2) is 48.0 Å². The van der Waals surface area contributed by atoms with Gasteiger partial charge in [-0.3, -0.25) is 9.59 Å². The van der Waals surface area contributed by atoms with Crippen LogP contribution in [0.4, 0.5) is 0 Å². The highest BCUT2D eigenvalue weighted by Gasteiger charge is 2.36. The number of ether oxygens (including phenoxy) is 1. The van der Waals surface area contributed by atoms with Gasteiger partial charge in [-0.15, -0.1) is 11.8 Å². The highest BCUT2D eigenvalue weighted by atomic mass is 32.2. The van der Waals surface area contributed by atoms with Gasteiger partial charge in [-0.2, -0.15) is 0 Å². The Morgan fingerprint density at radius 1 is 1.22 bits per heavy atom. The summed E-state index contributed by atoms with van der Waals surface area (Å²) in [7, 11) is 0. The zero-order valence-electron chi connectivity index (χ0n) is 21.2. The molecule has 0 spiro atoms. The van der Waals surface area contributed by atoms with Gasteiger partial charge in [0, 0.05) is 28.6 Å². The minimum Gasteiger partial charge on any atom is -0.390 e. The van der Waals surface area contributed by atoms with Crippen molar-refractivity contribution in [2.75, 3.05) is 19.4 Å². The van der Waals surface area contributed by atoms with Gasteiger partial charge >= 0.3 is 0 Å². The van der Waals surface area contributed by atoms with Crippen molar-refractivity contribution in [3.63, 3.8) is 0 Å². The summed E-state index contributed by atoms with van der Waals surface area (Å²) in [6.45, 7) is 0.652. The monoisotopic (exact) mass is 518 g/mol. The largest absolute Gasteiger partial charge is 0.390 e. The summed E-state index contributed by atoms with van der Waals surface area (Å²) in [5.74, 6) is -0.809. The maximum Gasteiger partial charge on any atom is 0.291 e. The molecule has 6 nitrogen and oxygen atoms in total. The van der Waals surface area contributed by atoms with Crippen molar-refractivity contribution in [2.45, 2.75) is 61.5 Å². The molecule has 194 valence electrons. The third-order valence-electron chi connectivity index (χ3n) is 7.94. The Morgan fingerprint density at radius 3 is 2.89 bits per heavy atom. The minimum atomic E-state index is -0.569. The Morgan fingerprint density at radius 2 is 2.05 bits per heavy atom. The van der Waals surface area contributed by atoms with Gasteiger partial charge in [-0.25, -0.2) is 0 Å². The zero-order chi connectivity index (χ0) is 25.9. The van der Waals surface area contributed by atoms with Crippen LogP contribution < -0.4 is 5.32 Å². The fourth-order valence-corrected chi connectivity index (χ4v) is 6.62. The van der Waals surface area contributed by atoms with Gasteiger partial charge < -0.3 is 20.6 Å². The van der Waals surface area contributed by atoms with Gasteiger partial charge in [-0.1, -0.05) is 42.0 Å².